The fourth-order valence-corrected chi connectivity index (χ4v) is 7.29. The van der Waals surface area contributed by atoms with Crippen LogP contribution >= 0.6 is 24.2 Å². The number of halogens is 1. The highest BCUT2D eigenvalue weighted by Gasteiger charge is 2.63. The van der Waals surface area contributed by atoms with Gasteiger partial charge in [-0.15, -0.1) is 0 Å². The molecule has 7 atom stereocenters. The second kappa shape index (κ2) is 15.5. The van der Waals surface area contributed by atoms with Crippen molar-refractivity contribution in [3.8, 4) is 5.75 Å². The lowest BCUT2D eigenvalue weighted by Crippen LogP contribution is -2.72. The van der Waals surface area contributed by atoms with Crippen molar-refractivity contribution in [3.63, 3.8) is 0 Å². The van der Waals surface area contributed by atoms with Crippen LogP contribution in [0.25, 0.3) is 0 Å². The number of thiol groups is 1. The number of carbonyl (C=O) groups excluding carboxylic acids is 4. The Labute approximate surface area is 303 Å². The molecule has 0 radical (unpaired) electrons. The van der Waals surface area contributed by atoms with Crippen LogP contribution in [-0.4, -0.2) is 109 Å². The third-order valence-corrected chi connectivity index (χ3v) is 10.4. The van der Waals surface area contributed by atoms with Gasteiger partial charge in [0.25, 0.3) is 0 Å². The number of nitrogens with zero attached hydrogens (tertiary/aromatic N) is 2. The van der Waals surface area contributed by atoms with E-state index in [-0.39, 0.29) is 36.6 Å². The Morgan fingerprint density at radius 1 is 1.24 bits per heavy atom. The first-order valence-electron chi connectivity index (χ1n) is 16.4. The van der Waals surface area contributed by atoms with Gasteiger partial charge >= 0.3 is 12.1 Å². The van der Waals surface area contributed by atoms with Crippen LogP contribution in [0.2, 0.25) is 5.02 Å². The van der Waals surface area contributed by atoms with Crippen LogP contribution in [0.5, 0.6) is 5.75 Å². The van der Waals surface area contributed by atoms with Crippen molar-refractivity contribution < 1.29 is 48.0 Å². The van der Waals surface area contributed by atoms with E-state index < -0.39 is 59.3 Å². The highest BCUT2D eigenvalue weighted by Crippen LogP contribution is 2.50. The average molecular weight is 738 g/mol. The molecule has 4 aliphatic heterocycles. The number of rotatable bonds is 7. The van der Waals surface area contributed by atoms with Crippen LogP contribution in [0.3, 0.4) is 0 Å². The molecule has 2 saturated heterocycles. The van der Waals surface area contributed by atoms with E-state index in [0.29, 0.717) is 23.6 Å². The van der Waals surface area contributed by atoms with Crippen molar-refractivity contribution in [2.45, 2.75) is 101 Å². The molecule has 276 valence electrons. The highest BCUT2D eigenvalue weighted by molar-refractivity contribution is 7.80. The summed E-state index contributed by atoms with van der Waals surface area (Å²) in [5, 5.41) is 14.4. The number of fused-ring (bicyclic) bond motifs is 6. The predicted octanol–water partition coefficient (Wildman–Crippen LogP) is 3.98. The van der Waals surface area contributed by atoms with Gasteiger partial charge in [0.1, 0.15) is 46.3 Å². The lowest BCUT2D eigenvalue weighted by Gasteiger charge is -2.59. The number of benzene rings is 1. The van der Waals surface area contributed by atoms with E-state index >= 15 is 0 Å². The summed E-state index contributed by atoms with van der Waals surface area (Å²) in [4.78, 5) is 55.6. The number of amides is 3. The number of aliphatic hydroxyl groups is 1. The van der Waals surface area contributed by atoms with Crippen molar-refractivity contribution in [1.29, 1.82) is 0 Å². The zero-order valence-corrected chi connectivity index (χ0v) is 31.4. The van der Waals surface area contributed by atoms with Crippen molar-refractivity contribution in [2.24, 2.45) is 0 Å². The SMILES string of the molecule is COc1cc2cc(c1Cl)N(C)C(=O)C[C@H](OC(=O)[C@H](C)N(C)C(=O)CCS)C1(C)CC(C)(O1)C1C[C@@](O)(NC(=O)O1)[C@H](OC)/C=C/C=C(\C)C2. The second-order valence-electron chi connectivity index (χ2n) is 13.7. The fraction of sp³-hybridized carbons (Fsp3) is 0.600. The molecule has 6 bridgehead atoms. The molecule has 0 saturated carbocycles. The first-order chi connectivity index (χ1) is 23.4. The molecule has 0 aromatic heterocycles. The van der Waals surface area contributed by atoms with Crippen molar-refractivity contribution in [3.05, 3.63) is 46.5 Å². The summed E-state index contributed by atoms with van der Waals surface area (Å²) in [6, 6.07) is 2.60. The third-order valence-electron chi connectivity index (χ3n) is 9.76. The minimum atomic E-state index is -1.85. The van der Waals surface area contributed by atoms with Gasteiger partial charge in [0.05, 0.1) is 19.2 Å². The Morgan fingerprint density at radius 3 is 2.54 bits per heavy atom. The number of hydrogen-bond acceptors (Lipinski definition) is 11. The van der Waals surface area contributed by atoms with E-state index in [1.807, 2.05) is 13.0 Å². The zero-order valence-electron chi connectivity index (χ0n) is 29.8. The molecule has 1 aromatic carbocycles. The number of likely N-dealkylation sites (N-methyl/N-ethyl adjacent to an activating group) is 1. The standard InChI is InChI=1S/C35H48ClN3O10S/c1-20-10-9-11-25(46-8)35(44)18-27(48-32(43)37-35)34(4)19-33(3,49-34)26(47-31(42)21(2)38(5)28(40)12-13-50)17-29(41)39(6)23-15-22(14-20)16-24(45-7)30(23)36/h9-11,15-16,21,25-27,44,50H,12-14,17-19H2,1-8H3,(H,37,43)/b11-9+,20-10+/t21-,25+,26-,27?,33?,34?,35-/m0/s1. The molecule has 50 heavy (non-hydrogen) atoms. The molecule has 3 unspecified atom stereocenters. The van der Waals surface area contributed by atoms with Gasteiger partial charge in [-0.25, -0.2) is 9.59 Å². The lowest BCUT2D eigenvalue weighted by atomic mass is 9.72. The van der Waals surface area contributed by atoms with E-state index in [1.165, 1.54) is 38.0 Å². The number of nitrogens with one attached hydrogen (secondary N) is 1. The zero-order chi connectivity index (χ0) is 37.2. The smallest absolute Gasteiger partial charge is 0.409 e. The van der Waals surface area contributed by atoms with Crippen molar-refractivity contribution in [2.75, 3.05) is 39.0 Å². The molecular weight excluding hydrogens is 690 g/mol. The first-order valence-corrected chi connectivity index (χ1v) is 17.4. The van der Waals surface area contributed by atoms with Gasteiger partial charge in [0, 0.05) is 40.5 Å². The van der Waals surface area contributed by atoms with Gasteiger partial charge in [-0.05, 0) is 57.6 Å². The number of esters is 1. The molecule has 1 aromatic rings. The molecule has 4 aliphatic rings. The van der Waals surface area contributed by atoms with Crippen LogP contribution in [-0.2, 0) is 39.8 Å². The van der Waals surface area contributed by atoms with Gasteiger partial charge in [0.15, 0.2) is 5.72 Å². The molecule has 3 amide bonds. The fourth-order valence-electron chi connectivity index (χ4n) is 6.78. The van der Waals surface area contributed by atoms with Crippen LogP contribution in [0.15, 0.2) is 35.9 Å². The molecule has 0 spiro atoms. The molecule has 5 rings (SSSR count). The quantitative estimate of drug-likeness (QED) is 0.277. The van der Waals surface area contributed by atoms with E-state index in [4.69, 9.17) is 35.3 Å². The topological polar surface area (TPSA) is 153 Å². The number of methoxy groups -OCH3 is 2. The van der Waals surface area contributed by atoms with E-state index in [9.17, 15) is 24.3 Å². The second-order valence-corrected chi connectivity index (χ2v) is 14.5. The van der Waals surface area contributed by atoms with Gasteiger partial charge in [-0.1, -0.05) is 35.4 Å². The van der Waals surface area contributed by atoms with Crippen molar-refractivity contribution >= 4 is 53.8 Å². The molecule has 4 heterocycles. The highest BCUT2D eigenvalue weighted by atomic mass is 35.5. The van der Waals surface area contributed by atoms with Gasteiger partial charge in [0.2, 0.25) is 11.8 Å². The lowest BCUT2D eigenvalue weighted by molar-refractivity contribution is -0.328. The summed E-state index contributed by atoms with van der Waals surface area (Å²) in [6.07, 6.45) is 1.68. The summed E-state index contributed by atoms with van der Waals surface area (Å²) in [6.45, 7) is 6.88. The van der Waals surface area contributed by atoms with Gasteiger partial charge in [-0.2, -0.15) is 12.6 Å². The molecule has 15 heteroatoms. The summed E-state index contributed by atoms with van der Waals surface area (Å²) in [7, 11) is 5.97. The largest absolute Gasteiger partial charge is 0.495 e. The maximum atomic E-state index is 14.0. The maximum absolute atomic E-state index is 14.0. The molecular formula is C35H48ClN3O10S. The monoisotopic (exact) mass is 737 g/mol. The van der Waals surface area contributed by atoms with E-state index in [0.717, 1.165) is 11.1 Å². The van der Waals surface area contributed by atoms with Crippen LogP contribution in [0, 0.1) is 0 Å². The van der Waals surface area contributed by atoms with E-state index in [1.54, 1.807) is 45.2 Å². The third kappa shape index (κ3) is 8.25. The number of ether oxygens (including phenoxy) is 5. The summed E-state index contributed by atoms with van der Waals surface area (Å²) < 4.78 is 29.3. The Balaban J connectivity index is 1.78. The number of carbonyl (C=O) groups is 4. The Morgan fingerprint density at radius 2 is 1.92 bits per heavy atom. The molecule has 2 fully saturated rings. The summed E-state index contributed by atoms with van der Waals surface area (Å²) in [5.41, 5.74) is -2.11. The summed E-state index contributed by atoms with van der Waals surface area (Å²) >= 11 is 10.8. The molecule has 0 aliphatic carbocycles. The number of anilines is 1. The Kier molecular flexibility index (Phi) is 12.3. The van der Waals surface area contributed by atoms with Crippen LogP contribution in [0.1, 0.15) is 58.9 Å². The summed E-state index contributed by atoms with van der Waals surface area (Å²) in [5.74, 6) is -0.793. The normalized spacial score (nSPS) is 32.3. The number of hydrogen-bond donors (Lipinski definition) is 3. The van der Waals surface area contributed by atoms with Crippen molar-refractivity contribution in [1.82, 2.24) is 10.2 Å². The number of alkyl carbamates (subject to hydrolysis) is 1. The average Bonchev–Trinajstić information content (AvgIpc) is 3.04. The predicted molar refractivity (Wildman–Crippen MR) is 189 cm³/mol. The minimum absolute atomic E-state index is 0.0950. The first kappa shape index (κ1) is 39.5. The van der Waals surface area contributed by atoms with Gasteiger partial charge in [-0.3, -0.25) is 14.9 Å². The minimum Gasteiger partial charge on any atom is -0.495 e. The number of allylic oxidation sites excluding steroid dienone is 3. The Hall–Kier alpha value is -3.30. The Bertz CT molecular complexity index is 1550. The van der Waals surface area contributed by atoms with Crippen LogP contribution < -0.4 is 15.0 Å². The van der Waals surface area contributed by atoms with Gasteiger partial charge < -0.3 is 38.6 Å². The molecule has 2 N–H and O–H groups in total. The van der Waals surface area contributed by atoms with E-state index in [2.05, 4.69) is 17.9 Å². The maximum Gasteiger partial charge on any atom is 0.409 e. The van der Waals surface area contributed by atoms with Crippen LogP contribution in [0.4, 0.5) is 10.5 Å². The molecule has 13 nitrogen and oxygen atoms in total.